The summed E-state index contributed by atoms with van der Waals surface area (Å²) in [5.74, 6) is -0.542. The molecule has 1 aromatic carbocycles. The average molecular weight is 270 g/mol. The molecule has 0 aliphatic heterocycles. The Hall–Kier alpha value is -2.35. The fourth-order valence-corrected chi connectivity index (χ4v) is 1.62. The van der Waals surface area contributed by atoms with Gasteiger partial charge < -0.3 is 15.3 Å². The van der Waals surface area contributed by atoms with Gasteiger partial charge in [0.25, 0.3) is 5.49 Å². The first kappa shape index (κ1) is 12.1. The second kappa shape index (κ2) is 4.49. The number of aromatic nitrogens is 3. The minimum Gasteiger partial charge on any atom is -0.409 e. The van der Waals surface area contributed by atoms with Gasteiger partial charge in [-0.3, -0.25) is 4.99 Å². The first-order valence-electron chi connectivity index (χ1n) is 4.79. The molecule has 0 saturated carbocycles. The quantitative estimate of drug-likeness (QED) is 0.499. The summed E-state index contributed by atoms with van der Waals surface area (Å²) < 4.78 is 0. The third-order valence-electron chi connectivity index (χ3n) is 2.18. The maximum Gasteiger partial charge on any atom is 0.438 e. The third-order valence-corrected chi connectivity index (χ3v) is 2.42. The fourth-order valence-electron chi connectivity index (χ4n) is 1.43. The van der Waals surface area contributed by atoms with Crippen molar-refractivity contribution in [1.29, 1.82) is 0 Å². The van der Waals surface area contributed by atoms with E-state index in [9.17, 15) is 15.3 Å². The summed E-state index contributed by atoms with van der Waals surface area (Å²) in [6.07, 6.45) is 0. The molecule has 0 unspecified atom stereocenters. The van der Waals surface area contributed by atoms with E-state index in [0.717, 1.165) is 4.80 Å². The van der Waals surface area contributed by atoms with Gasteiger partial charge in [-0.15, -0.1) is 0 Å². The molecule has 1 aromatic heterocycles. The SMILES string of the molecule is CN=c1c([N+](=O)[O-])nn(-c2cccc(Cl)c2)n1O. The van der Waals surface area contributed by atoms with Gasteiger partial charge in [-0.25, -0.2) is 0 Å². The second-order valence-electron chi connectivity index (χ2n) is 3.29. The van der Waals surface area contributed by atoms with Crippen LogP contribution in [0.4, 0.5) is 5.82 Å². The average Bonchev–Trinajstić information content (AvgIpc) is 2.66. The van der Waals surface area contributed by atoms with Gasteiger partial charge in [0.1, 0.15) is 5.69 Å². The Balaban J connectivity index is 2.71. The van der Waals surface area contributed by atoms with E-state index < -0.39 is 10.7 Å². The summed E-state index contributed by atoms with van der Waals surface area (Å²) in [5.41, 5.74) is 0.128. The molecule has 8 nitrogen and oxygen atoms in total. The summed E-state index contributed by atoms with van der Waals surface area (Å²) in [6, 6.07) is 6.36. The molecule has 0 bridgehead atoms. The van der Waals surface area contributed by atoms with Gasteiger partial charge in [0.2, 0.25) is 0 Å². The summed E-state index contributed by atoms with van der Waals surface area (Å²) in [6.45, 7) is 0. The molecule has 18 heavy (non-hydrogen) atoms. The largest absolute Gasteiger partial charge is 0.438 e. The van der Waals surface area contributed by atoms with E-state index in [1.807, 2.05) is 0 Å². The van der Waals surface area contributed by atoms with Crippen molar-refractivity contribution in [2.45, 2.75) is 0 Å². The number of benzene rings is 1. The van der Waals surface area contributed by atoms with Crippen molar-refractivity contribution < 1.29 is 10.1 Å². The van der Waals surface area contributed by atoms with Gasteiger partial charge in [0, 0.05) is 12.1 Å². The molecule has 2 rings (SSSR count). The molecule has 94 valence electrons. The summed E-state index contributed by atoms with van der Waals surface area (Å²) in [4.78, 5) is 15.1. The highest BCUT2D eigenvalue weighted by Crippen LogP contribution is 2.14. The van der Waals surface area contributed by atoms with E-state index in [0.29, 0.717) is 15.6 Å². The number of halogens is 1. The minimum absolute atomic E-state index is 0.250. The van der Waals surface area contributed by atoms with Crippen molar-refractivity contribution in [3.8, 4) is 5.69 Å². The van der Waals surface area contributed by atoms with Gasteiger partial charge in [0.15, 0.2) is 0 Å². The smallest absolute Gasteiger partial charge is 0.409 e. The number of hydrogen-bond donors (Lipinski definition) is 1. The Labute approximate surface area is 105 Å². The fraction of sp³-hybridized carbons (Fsp3) is 0.111. The molecule has 0 aliphatic carbocycles. The molecule has 0 amide bonds. The zero-order valence-electron chi connectivity index (χ0n) is 9.19. The Morgan fingerprint density at radius 1 is 1.56 bits per heavy atom. The Morgan fingerprint density at radius 2 is 2.28 bits per heavy atom. The lowest BCUT2D eigenvalue weighted by Crippen LogP contribution is -2.22. The zero-order valence-corrected chi connectivity index (χ0v) is 9.94. The molecular weight excluding hydrogens is 262 g/mol. The first-order valence-corrected chi connectivity index (χ1v) is 5.17. The predicted molar refractivity (Wildman–Crippen MR) is 61.9 cm³/mol. The van der Waals surface area contributed by atoms with Crippen LogP contribution in [0.5, 0.6) is 0 Å². The molecule has 2 aromatic rings. The molecule has 1 heterocycles. The van der Waals surface area contributed by atoms with Crippen molar-refractivity contribution in [1.82, 2.24) is 14.7 Å². The van der Waals surface area contributed by atoms with Gasteiger partial charge in [-0.2, -0.15) is 0 Å². The Kier molecular flexibility index (Phi) is 3.02. The first-order chi connectivity index (χ1) is 8.54. The van der Waals surface area contributed by atoms with Crippen LogP contribution in [0.25, 0.3) is 5.69 Å². The van der Waals surface area contributed by atoms with E-state index in [1.165, 1.54) is 13.1 Å². The lowest BCUT2D eigenvalue weighted by Gasteiger charge is -1.99. The van der Waals surface area contributed by atoms with Crippen molar-refractivity contribution in [3.05, 3.63) is 44.9 Å². The number of nitrogens with zero attached hydrogens (tertiary/aromatic N) is 5. The molecule has 9 heteroatoms. The van der Waals surface area contributed by atoms with Crippen LogP contribution in [0.3, 0.4) is 0 Å². The van der Waals surface area contributed by atoms with E-state index in [2.05, 4.69) is 10.1 Å². The van der Waals surface area contributed by atoms with Gasteiger partial charge >= 0.3 is 5.82 Å². The lowest BCUT2D eigenvalue weighted by molar-refractivity contribution is -0.391. The number of nitro groups is 1. The predicted octanol–water partition coefficient (Wildman–Crippen LogP) is 1.00. The van der Waals surface area contributed by atoms with Crippen LogP contribution in [0.2, 0.25) is 5.02 Å². The Morgan fingerprint density at radius 3 is 2.78 bits per heavy atom. The van der Waals surface area contributed by atoms with E-state index >= 15 is 0 Å². The van der Waals surface area contributed by atoms with Crippen molar-refractivity contribution in [2.24, 2.45) is 4.99 Å². The van der Waals surface area contributed by atoms with Crippen LogP contribution < -0.4 is 5.49 Å². The van der Waals surface area contributed by atoms with Crippen LogP contribution >= 0.6 is 11.6 Å². The number of rotatable bonds is 2. The molecule has 0 atom stereocenters. The molecule has 0 fully saturated rings. The van der Waals surface area contributed by atoms with Crippen LogP contribution in [0.1, 0.15) is 0 Å². The van der Waals surface area contributed by atoms with Crippen LogP contribution in [0.15, 0.2) is 29.3 Å². The summed E-state index contributed by atoms with van der Waals surface area (Å²) in [7, 11) is 1.32. The van der Waals surface area contributed by atoms with Crippen molar-refractivity contribution in [3.63, 3.8) is 0 Å². The highest BCUT2D eigenvalue weighted by atomic mass is 35.5. The molecular formula is C9H8ClN5O3. The van der Waals surface area contributed by atoms with Crippen molar-refractivity contribution in [2.75, 3.05) is 7.05 Å². The summed E-state index contributed by atoms with van der Waals surface area (Å²) in [5, 5.41) is 24.6. The lowest BCUT2D eigenvalue weighted by atomic mass is 10.3. The van der Waals surface area contributed by atoms with Gasteiger partial charge in [-0.05, 0) is 27.9 Å². The summed E-state index contributed by atoms with van der Waals surface area (Å²) >= 11 is 5.80. The number of hydrogen-bond acceptors (Lipinski definition) is 5. The maximum atomic E-state index is 10.8. The highest BCUT2D eigenvalue weighted by Gasteiger charge is 2.23. The minimum atomic E-state index is -0.726. The van der Waals surface area contributed by atoms with E-state index in [1.54, 1.807) is 18.2 Å². The highest BCUT2D eigenvalue weighted by molar-refractivity contribution is 6.30. The molecule has 0 saturated heterocycles. The van der Waals surface area contributed by atoms with E-state index in [4.69, 9.17) is 11.6 Å². The molecule has 0 aliphatic rings. The second-order valence-corrected chi connectivity index (χ2v) is 3.72. The monoisotopic (exact) mass is 269 g/mol. The van der Waals surface area contributed by atoms with Gasteiger partial charge in [0.05, 0.1) is 5.10 Å². The van der Waals surface area contributed by atoms with Crippen LogP contribution in [0, 0.1) is 10.1 Å². The van der Waals surface area contributed by atoms with Crippen LogP contribution in [-0.4, -0.2) is 31.9 Å². The van der Waals surface area contributed by atoms with E-state index in [-0.39, 0.29) is 5.49 Å². The topological polar surface area (TPSA) is 98.5 Å². The van der Waals surface area contributed by atoms with Crippen molar-refractivity contribution >= 4 is 17.4 Å². The maximum absolute atomic E-state index is 10.8. The van der Waals surface area contributed by atoms with Gasteiger partial charge in [-0.1, -0.05) is 22.5 Å². The molecule has 0 radical (unpaired) electrons. The zero-order chi connectivity index (χ0) is 13.3. The molecule has 0 spiro atoms. The molecule has 1 N–H and O–H groups in total. The normalized spacial score (nSPS) is 11.8. The Bertz CT molecular complexity index is 675. The standard InChI is InChI=1S/C9H8ClN5O3/c1-11-8-9(15(17)18)12-13(14(8)16)7-4-2-3-6(10)5-7/h2-5,16H,1H3. The third kappa shape index (κ3) is 1.93. The van der Waals surface area contributed by atoms with Crippen LogP contribution in [-0.2, 0) is 0 Å².